The number of hydrogen-bond donors (Lipinski definition) is 4. The number of ether oxygens (including phenoxy) is 3. The second kappa shape index (κ2) is 16.5. The zero-order valence-corrected chi connectivity index (χ0v) is 25.7. The van der Waals surface area contributed by atoms with Gasteiger partial charge < -0.3 is 35.7 Å². The molecule has 0 spiro atoms. The highest BCUT2D eigenvalue weighted by Gasteiger charge is 2.33. The van der Waals surface area contributed by atoms with E-state index < -0.39 is 6.29 Å². The van der Waals surface area contributed by atoms with Crippen LogP contribution in [0.15, 0.2) is 72.8 Å². The van der Waals surface area contributed by atoms with Crippen molar-refractivity contribution in [3.63, 3.8) is 0 Å². The van der Waals surface area contributed by atoms with E-state index in [0.29, 0.717) is 43.6 Å². The summed E-state index contributed by atoms with van der Waals surface area (Å²) in [5.41, 5.74) is 10.8. The molecule has 2 amide bonds. The first-order valence-electron chi connectivity index (χ1n) is 15.8. The van der Waals surface area contributed by atoms with Crippen LogP contribution in [0.5, 0.6) is 0 Å². The van der Waals surface area contributed by atoms with Gasteiger partial charge in [-0.15, -0.1) is 0 Å². The molecule has 5 rings (SSSR count). The van der Waals surface area contributed by atoms with Crippen LogP contribution in [0.4, 0.5) is 11.4 Å². The average molecular weight is 617 g/mol. The summed E-state index contributed by atoms with van der Waals surface area (Å²) in [6.45, 7) is 4.48. The molecule has 2 aliphatic rings. The molecule has 0 aromatic heterocycles. The molecule has 3 unspecified atom stereocenters. The Morgan fingerprint density at radius 3 is 2.22 bits per heavy atom. The number of hydrogen-bond acceptors (Lipinski definition) is 8. The van der Waals surface area contributed by atoms with Gasteiger partial charge in [0.2, 0.25) is 11.8 Å². The fraction of sp³-hybridized carbons (Fsp3) is 0.429. The van der Waals surface area contributed by atoms with Crippen LogP contribution in [-0.4, -0.2) is 60.8 Å². The number of aliphatic hydroxyl groups excluding tert-OH is 1. The Kier molecular flexibility index (Phi) is 11.9. The molecule has 0 aliphatic carbocycles. The summed E-state index contributed by atoms with van der Waals surface area (Å²) in [7, 11) is 0. The molecule has 3 aromatic carbocycles. The van der Waals surface area contributed by atoms with Crippen molar-refractivity contribution in [3.05, 3.63) is 95.1 Å². The largest absolute Gasteiger partial charge is 0.397 e. The van der Waals surface area contributed by atoms with E-state index in [1.54, 1.807) is 12.1 Å². The van der Waals surface area contributed by atoms with Gasteiger partial charge in [-0.25, -0.2) is 0 Å². The van der Waals surface area contributed by atoms with Gasteiger partial charge in [-0.3, -0.25) is 14.5 Å². The molecular formula is C35H44N4O6. The summed E-state index contributed by atoms with van der Waals surface area (Å²) in [6, 6.07) is 23.0. The molecule has 2 fully saturated rings. The fourth-order valence-electron chi connectivity index (χ4n) is 5.58. The SMILES string of the molecule is Nc1ccccc1NC(=O)CCCCC(=O)NCc1ccc(C2OC(CN3CCOCC3)CC(c3ccc(CO)cc3)O2)cc1. The van der Waals surface area contributed by atoms with Crippen molar-refractivity contribution in [1.29, 1.82) is 0 Å². The number of nitrogen functional groups attached to an aromatic ring is 1. The normalized spacial score (nSPS) is 20.4. The summed E-state index contributed by atoms with van der Waals surface area (Å²) in [5.74, 6) is -0.163. The van der Waals surface area contributed by atoms with Gasteiger partial charge in [0.1, 0.15) is 0 Å². The molecule has 2 aliphatic heterocycles. The molecule has 5 N–H and O–H groups in total. The Bertz CT molecular complexity index is 1380. The average Bonchev–Trinajstić information content (AvgIpc) is 3.07. The molecule has 2 saturated heterocycles. The number of aliphatic hydroxyl groups is 1. The van der Waals surface area contributed by atoms with E-state index in [0.717, 1.165) is 61.5 Å². The number of carbonyl (C=O) groups excluding carboxylic acids is 2. The Morgan fingerprint density at radius 2 is 1.51 bits per heavy atom. The molecule has 2 heterocycles. The highest BCUT2D eigenvalue weighted by Crippen LogP contribution is 2.38. The molecular weight excluding hydrogens is 572 g/mol. The number of nitrogens with one attached hydrogen (secondary N) is 2. The van der Waals surface area contributed by atoms with Gasteiger partial charge in [-0.2, -0.15) is 0 Å². The highest BCUT2D eigenvalue weighted by atomic mass is 16.7. The Balaban J connectivity index is 1.09. The molecule has 10 nitrogen and oxygen atoms in total. The Morgan fingerprint density at radius 1 is 0.844 bits per heavy atom. The van der Waals surface area contributed by atoms with E-state index in [1.807, 2.05) is 60.7 Å². The monoisotopic (exact) mass is 616 g/mol. The van der Waals surface area contributed by atoms with Gasteiger partial charge >= 0.3 is 0 Å². The maximum absolute atomic E-state index is 12.4. The highest BCUT2D eigenvalue weighted by molar-refractivity contribution is 5.93. The lowest BCUT2D eigenvalue weighted by Gasteiger charge is -2.39. The lowest BCUT2D eigenvalue weighted by Crippen LogP contribution is -2.44. The van der Waals surface area contributed by atoms with E-state index in [2.05, 4.69) is 15.5 Å². The number of anilines is 2. The van der Waals surface area contributed by atoms with Crippen LogP contribution in [0, 0.1) is 0 Å². The second-order valence-electron chi connectivity index (χ2n) is 11.6. The van der Waals surface area contributed by atoms with Gasteiger partial charge in [0.25, 0.3) is 0 Å². The van der Waals surface area contributed by atoms with E-state index in [1.165, 1.54) is 0 Å². The number of amides is 2. The minimum absolute atomic E-state index is 0.00811. The van der Waals surface area contributed by atoms with Crippen LogP contribution in [0.3, 0.4) is 0 Å². The maximum atomic E-state index is 12.4. The van der Waals surface area contributed by atoms with E-state index >= 15 is 0 Å². The molecule has 3 atom stereocenters. The lowest BCUT2D eigenvalue weighted by atomic mass is 9.99. The van der Waals surface area contributed by atoms with Crippen LogP contribution >= 0.6 is 0 Å². The van der Waals surface area contributed by atoms with Crippen LogP contribution in [0.2, 0.25) is 0 Å². The predicted molar refractivity (Wildman–Crippen MR) is 172 cm³/mol. The third-order valence-corrected chi connectivity index (χ3v) is 8.21. The smallest absolute Gasteiger partial charge is 0.224 e. The Hall–Kier alpha value is -3.80. The number of nitrogens with two attached hydrogens (primary N) is 1. The first-order chi connectivity index (χ1) is 22.0. The molecule has 3 aromatic rings. The second-order valence-corrected chi connectivity index (χ2v) is 11.6. The number of carbonyl (C=O) groups is 2. The number of unbranched alkanes of at least 4 members (excludes halogenated alkanes) is 1. The third kappa shape index (κ3) is 9.84. The van der Waals surface area contributed by atoms with Crippen molar-refractivity contribution in [3.8, 4) is 0 Å². The van der Waals surface area contributed by atoms with Crippen LogP contribution in [0.1, 0.15) is 66.8 Å². The van der Waals surface area contributed by atoms with Crippen molar-refractivity contribution in [2.75, 3.05) is 43.9 Å². The summed E-state index contributed by atoms with van der Waals surface area (Å²) >= 11 is 0. The number of rotatable bonds is 13. The topological polar surface area (TPSA) is 135 Å². The van der Waals surface area contributed by atoms with E-state index in [9.17, 15) is 14.7 Å². The first kappa shape index (κ1) is 32.6. The summed E-state index contributed by atoms with van der Waals surface area (Å²) in [4.78, 5) is 27.0. The standard InChI is InChI=1S/C35H44N4O6/c36-30-5-1-2-6-31(30)38-34(42)8-4-3-7-33(41)37-22-25-9-15-28(16-10-25)35-44-29(23-39-17-19-43-20-18-39)21-32(45-35)27-13-11-26(24-40)12-14-27/h1-2,5-6,9-16,29,32,35,40H,3-4,7-8,17-24,36H2,(H,37,41)(H,38,42). The van der Waals surface area contributed by atoms with Crippen LogP contribution in [0.25, 0.3) is 0 Å². The zero-order valence-electron chi connectivity index (χ0n) is 25.7. The number of benzene rings is 3. The third-order valence-electron chi connectivity index (χ3n) is 8.21. The molecule has 240 valence electrons. The van der Waals surface area contributed by atoms with E-state index in [-0.39, 0.29) is 30.6 Å². The molecule has 0 radical (unpaired) electrons. The number of nitrogens with zero attached hydrogens (tertiary/aromatic N) is 1. The molecule has 0 bridgehead atoms. The van der Waals surface area contributed by atoms with Crippen molar-refractivity contribution in [1.82, 2.24) is 10.2 Å². The predicted octanol–water partition coefficient (Wildman–Crippen LogP) is 4.45. The quantitative estimate of drug-likeness (QED) is 0.163. The van der Waals surface area contributed by atoms with Crippen molar-refractivity contribution < 1.29 is 28.9 Å². The summed E-state index contributed by atoms with van der Waals surface area (Å²) in [5, 5.41) is 15.2. The maximum Gasteiger partial charge on any atom is 0.224 e. The van der Waals surface area contributed by atoms with E-state index in [4.69, 9.17) is 19.9 Å². The molecule has 10 heteroatoms. The Labute approximate surface area is 264 Å². The van der Waals surface area contributed by atoms with Crippen molar-refractivity contribution in [2.24, 2.45) is 0 Å². The minimum atomic E-state index is -0.522. The number of morpholine rings is 1. The summed E-state index contributed by atoms with van der Waals surface area (Å²) < 4.78 is 18.5. The zero-order chi connectivity index (χ0) is 31.4. The van der Waals surface area contributed by atoms with Crippen LogP contribution in [-0.2, 0) is 37.0 Å². The minimum Gasteiger partial charge on any atom is -0.397 e. The van der Waals surface area contributed by atoms with Gasteiger partial charge in [0.05, 0.1) is 43.4 Å². The summed E-state index contributed by atoms with van der Waals surface area (Å²) in [6.07, 6.45) is 1.99. The fourth-order valence-corrected chi connectivity index (χ4v) is 5.58. The molecule has 0 saturated carbocycles. The first-order valence-corrected chi connectivity index (χ1v) is 15.8. The number of para-hydroxylation sites is 2. The van der Waals surface area contributed by atoms with Gasteiger partial charge in [0, 0.05) is 51.0 Å². The van der Waals surface area contributed by atoms with Gasteiger partial charge in [-0.05, 0) is 41.7 Å². The van der Waals surface area contributed by atoms with Crippen molar-refractivity contribution >= 4 is 23.2 Å². The lowest BCUT2D eigenvalue weighted by molar-refractivity contribution is -0.253. The van der Waals surface area contributed by atoms with Gasteiger partial charge in [-0.1, -0.05) is 60.7 Å². The van der Waals surface area contributed by atoms with Crippen LogP contribution < -0.4 is 16.4 Å². The van der Waals surface area contributed by atoms with Crippen molar-refractivity contribution in [2.45, 2.75) is 63.8 Å². The molecule has 45 heavy (non-hydrogen) atoms. The van der Waals surface area contributed by atoms with Gasteiger partial charge in [0.15, 0.2) is 6.29 Å².